The maximum Gasteiger partial charge on any atom is 0.410 e. The second-order valence-corrected chi connectivity index (χ2v) is 28.7. The van der Waals surface area contributed by atoms with Gasteiger partial charge in [0.25, 0.3) is 0 Å². The fraction of sp³-hybridized carbons (Fsp3) is 0.649. The van der Waals surface area contributed by atoms with Crippen molar-refractivity contribution in [1.29, 1.82) is 0 Å². The highest BCUT2D eigenvalue weighted by Crippen LogP contribution is 2.44. The first-order chi connectivity index (χ1) is 23.4. The average molecular weight is 728 g/mol. The van der Waals surface area contributed by atoms with Crippen LogP contribution in [-0.2, 0) is 20.8 Å². The summed E-state index contributed by atoms with van der Waals surface area (Å²) in [6.07, 6.45) is 4.92. The van der Waals surface area contributed by atoms with Crippen LogP contribution < -0.4 is 4.90 Å². The SMILES string of the molecule is CC(C)(C)OC(=O)N1[C@@H]2CC[C@H]1CC(c1cc(N(COCC[Si](C)(C)C)COCC[Si](C)(C)C)n3ncc(-c4ccc(CO)c(F)c4)c3n1)C2. The summed E-state index contributed by atoms with van der Waals surface area (Å²) in [6, 6.07) is 9.20. The zero-order valence-electron chi connectivity index (χ0n) is 31.6. The highest BCUT2D eigenvalue weighted by Gasteiger charge is 2.45. The third kappa shape index (κ3) is 9.72. The molecule has 4 heterocycles. The van der Waals surface area contributed by atoms with E-state index in [0.717, 1.165) is 49.3 Å². The molecular formula is C37H58FN5O5Si2. The fourth-order valence-electron chi connectivity index (χ4n) is 6.75. The second-order valence-electron chi connectivity index (χ2n) is 17.5. The molecular weight excluding hydrogens is 670 g/mol. The van der Waals surface area contributed by atoms with E-state index in [4.69, 9.17) is 24.3 Å². The molecule has 1 N–H and O–H groups in total. The van der Waals surface area contributed by atoms with E-state index in [0.29, 0.717) is 43.4 Å². The maximum atomic E-state index is 14.9. The summed E-state index contributed by atoms with van der Waals surface area (Å²) in [7, 11) is -2.59. The van der Waals surface area contributed by atoms with Gasteiger partial charge in [0.2, 0.25) is 0 Å². The van der Waals surface area contributed by atoms with Gasteiger partial charge in [0.1, 0.15) is 30.7 Å². The number of hydrogen-bond acceptors (Lipinski definition) is 8. The van der Waals surface area contributed by atoms with Gasteiger partial charge in [0.15, 0.2) is 5.65 Å². The maximum absolute atomic E-state index is 14.9. The second kappa shape index (κ2) is 15.4. The number of aromatic nitrogens is 3. The van der Waals surface area contributed by atoms with Crippen molar-refractivity contribution in [3.63, 3.8) is 0 Å². The minimum absolute atomic E-state index is 0.0745. The predicted octanol–water partition coefficient (Wildman–Crippen LogP) is 8.10. The van der Waals surface area contributed by atoms with Crippen molar-refractivity contribution in [3.8, 4) is 11.1 Å². The Hall–Kier alpha value is -2.85. The van der Waals surface area contributed by atoms with Crippen molar-refractivity contribution in [1.82, 2.24) is 19.5 Å². The van der Waals surface area contributed by atoms with E-state index in [9.17, 15) is 14.3 Å². The molecule has 0 aliphatic carbocycles. The van der Waals surface area contributed by atoms with Gasteiger partial charge in [-0.1, -0.05) is 51.4 Å². The molecule has 0 saturated carbocycles. The number of ether oxygens (including phenoxy) is 3. The summed E-state index contributed by atoms with van der Waals surface area (Å²) < 4.78 is 35.2. The molecule has 0 radical (unpaired) electrons. The summed E-state index contributed by atoms with van der Waals surface area (Å²) in [5.41, 5.74) is 2.55. The number of amides is 1. The quantitative estimate of drug-likeness (QED) is 0.101. The first-order valence-electron chi connectivity index (χ1n) is 18.1. The van der Waals surface area contributed by atoms with Crippen molar-refractivity contribution in [3.05, 3.63) is 47.5 Å². The van der Waals surface area contributed by atoms with Crippen LogP contribution in [0.2, 0.25) is 51.4 Å². The number of carbonyl (C=O) groups is 1. The van der Waals surface area contributed by atoms with Crippen LogP contribution in [0.15, 0.2) is 30.5 Å². The van der Waals surface area contributed by atoms with Crippen LogP contribution in [0, 0.1) is 5.82 Å². The largest absolute Gasteiger partial charge is 0.444 e. The number of carbonyl (C=O) groups excluding carboxylic acids is 1. The molecule has 10 nitrogen and oxygen atoms in total. The number of aliphatic hydroxyl groups excluding tert-OH is 1. The highest BCUT2D eigenvalue weighted by atomic mass is 28.3. The van der Waals surface area contributed by atoms with E-state index in [1.165, 1.54) is 6.07 Å². The minimum atomic E-state index is -1.30. The van der Waals surface area contributed by atoms with Crippen molar-refractivity contribution >= 4 is 33.7 Å². The Morgan fingerprint density at radius 3 is 2.10 bits per heavy atom. The van der Waals surface area contributed by atoms with Crippen LogP contribution in [0.4, 0.5) is 15.0 Å². The Balaban J connectivity index is 1.53. The molecule has 5 rings (SSSR count). The summed E-state index contributed by atoms with van der Waals surface area (Å²) >= 11 is 0. The number of nitrogens with zero attached hydrogens (tertiary/aromatic N) is 5. The number of benzene rings is 1. The number of hydrogen-bond donors (Lipinski definition) is 1. The molecule has 3 aromatic rings. The molecule has 1 unspecified atom stereocenters. The summed E-state index contributed by atoms with van der Waals surface area (Å²) in [5.74, 6) is 0.431. The molecule has 2 aliphatic rings. The van der Waals surface area contributed by atoms with Gasteiger partial charge in [0, 0.05) is 70.3 Å². The highest BCUT2D eigenvalue weighted by molar-refractivity contribution is 6.76. The lowest BCUT2D eigenvalue weighted by Crippen LogP contribution is -2.48. The summed E-state index contributed by atoms with van der Waals surface area (Å²) in [6.45, 7) is 21.4. The summed E-state index contributed by atoms with van der Waals surface area (Å²) in [4.78, 5) is 22.5. The zero-order valence-corrected chi connectivity index (χ0v) is 33.6. The van der Waals surface area contributed by atoms with Crippen LogP contribution in [-0.4, -0.2) is 91.2 Å². The van der Waals surface area contributed by atoms with Crippen molar-refractivity contribution < 1.29 is 28.5 Å². The number of anilines is 1. The Bertz CT molecular complexity index is 1600. The molecule has 276 valence electrons. The number of halogens is 1. The van der Waals surface area contributed by atoms with Crippen LogP contribution >= 0.6 is 0 Å². The molecule has 0 spiro atoms. The number of aliphatic hydroxyl groups is 1. The molecule has 2 fully saturated rings. The fourth-order valence-corrected chi connectivity index (χ4v) is 8.27. The molecule has 2 bridgehead atoms. The predicted molar refractivity (Wildman–Crippen MR) is 202 cm³/mol. The molecule has 1 aromatic carbocycles. The van der Waals surface area contributed by atoms with Crippen LogP contribution in [0.25, 0.3) is 16.8 Å². The van der Waals surface area contributed by atoms with Gasteiger partial charge in [-0.25, -0.2) is 14.2 Å². The topological polar surface area (TPSA) is 102 Å². The van der Waals surface area contributed by atoms with Crippen LogP contribution in [0.3, 0.4) is 0 Å². The lowest BCUT2D eigenvalue weighted by atomic mass is 9.88. The van der Waals surface area contributed by atoms with E-state index in [1.807, 2.05) is 30.2 Å². The van der Waals surface area contributed by atoms with Crippen molar-refractivity contribution in [2.24, 2.45) is 0 Å². The number of piperidine rings is 1. The molecule has 2 saturated heterocycles. The number of rotatable bonds is 14. The molecule has 50 heavy (non-hydrogen) atoms. The molecule has 2 aromatic heterocycles. The van der Waals surface area contributed by atoms with Gasteiger partial charge in [-0.3, -0.25) is 0 Å². The van der Waals surface area contributed by atoms with Gasteiger partial charge in [0.05, 0.1) is 12.8 Å². The van der Waals surface area contributed by atoms with Gasteiger partial charge in [-0.15, -0.1) is 0 Å². The molecule has 2 aliphatic heterocycles. The van der Waals surface area contributed by atoms with Gasteiger partial charge < -0.3 is 29.1 Å². The Kier molecular flexibility index (Phi) is 11.8. The zero-order chi connectivity index (χ0) is 36.4. The standard InChI is InChI=1S/C37H58FN5O5Si2/c1-37(2,3)48-36(45)42-29-12-13-30(42)19-28(18-29)33-21-34(41(24-46-14-16-49(4,5)6)25-47-15-17-50(7,8)9)43-35(40-33)31(22-39-43)26-10-11-27(23-44)32(38)20-26/h10-11,20-22,28-30,44H,12-19,23-25H2,1-9H3/t28?,29-,30+. The number of fused-ring (bicyclic) bond motifs is 3. The Labute approximate surface area is 299 Å². The smallest absolute Gasteiger partial charge is 0.410 e. The molecule has 1 amide bonds. The first kappa shape index (κ1) is 38.4. The van der Waals surface area contributed by atoms with Gasteiger partial charge in [-0.2, -0.15) is 9.61 Å². The Morgan fingerprint density at radius 1 is 0.980 bits per heavy atom. The third-order valence-electron chi connectivity index (χ3n) is 9.57. The van der Waals surface area contributed by atoms with Gasteiger partial charge in [-0.05, 0) is 70.2 Å². The van der Waals surface area contributed by atoms with E-state index >= 15 is 0 Å². The van der Waals surface area contributed by atoms with Crippen LogP contribution in [0.5, 0.6) is 0 Å². The third-order valence-corrected chi connectivity index (χ3v) is 13.0. The Morgan fingerprint density at radius 2 is 1.58 bits per heavy atom. The minimum Gasteiger partial charge on any atom is -0.444 e. The lowest BCUT2D eigenvalue weighted by molar-refractivity contribution is 0.00568. The van der Waals surface area contributed by atoms with Crippen LogP contribution in [0.1, 0.15) is 63.6 Å². The van der Waals surface area contributed by atoms with E-state index in [1.54, 1.807) is 18.3 Å². The molecule has 3 atom stereocenters. The average Bonchev–Trinajstić information content (AvgIpc) is 3.56. The normalized spacial score (nSPS) is 19.7. The lowest BCUT2D eigenvalue weighted by Gasteiger charge is -2.39. The van der Waals surface area contributed by atoms with Crippen molar-refractivity contribution in [2.45, 2.75) is 128 Å². The first-order valence-corrected chi connectivity index (χ1v) is 25.5. The van der Waals surface area contributed by atoms with Gasteiger partial charge >= 0.3 is 6.09 Å². The van der Waals surface area contributed by atoms with E-state index < -0.39 is 27.6 Å². The van der Waals surface area contributed by atoms with E-state index in [-0.39, 0.29) is 36.3 Å². The monoisotopic (exact) mass is 727 g/mol. The molecule has 13 heteroatoms. The van der Waals surface area contributed by atoms with E-state index in [2.05, 4.69) is 50.2 Å². The summed E-state index contributed by atoms with van der Waals surface area (Å²) in [5, 5.41) is 14.4. The van der Waals surface area contributed by atoms with Crippen molar-refractivity contribution in [2.75, 3.05) is 31.6 Å².